The minimum absolute atomic E-state index is 0.422. The van der Waals surface area contributed by atoms with E-state index in [1.54, 1.807) is 12.4 Å². The number of aliphatic imine (C=N–C) groups is 1. The molecule has 0 saturated carbocycles. The maximum atomic E-state index is 5.57. The molecule has 18 heavy (non-hydrogen) atoms. The largest absolute Gasteiger partial charge is 0.378 e. The van der Waals surface area contributed by atoms with Crippen molar-refractivity contribution in [1.29, 1.82) is 0 Å². The molecule has 1 unspecified atom stereocenters. The fraction of sp³-hybridized carbons (Fsp3) is 0.500. The van der Waals surface area contributed by atoms with Crippen molar-refractivity contribution in [3.63, 3.8) is 0 Å². The topological polar surface area (TPSA) is 34.5 Å². The van der Waals surface area contributed by atoms with E-state index in [2.05, 4.69) is 9.98 Å². The van der Waals surface area contributed by atoms with Gasteiger partial charge in [-0.3, -0.25) is 9.98 Å². The predicted molar refractivity (Wildman–Crippen MR) is 77.5 cm³/mol. The lowest BCUT2D eigenvalue weighted by Gasteiger charge is -2.08. The number of ether oxygens (including phenoxy) is 1. The summed E-state index contributed by atoms with van der Waals surface area (Å²) in [6, 6.07) is 3.88. The highest BCUT2D eigenvalue weighted by Gasteiger charge is 2.15. The summed E-state index contributed by atoms with van der Waals surface area (Å²) in [5.41, 5.74) is 1.01. The van der Waals surface area contributed by atoms with Gasteiger partial charge in [0.15, 0.2) is 0 Å². The molecule has 96 valence electrons. The van der Waals surface area contributed by atoms with Crippen LogP contribution in [0.15, 0.2) is 29.5 Å². The predicted octanol–water partition coefficient (Wildman–Crippen LogP) is 2.83. The first-order chi connectivity index (χ1) is 8.84. The number of aromatic nitrogens is 1. The lowest BCUT2D eigenvalue weighted by molar-refractivity contribution is 0.106. The molecule has 0 amide bonds. The standard InChI is InChI=1S/C14H18N2OS/c18-14(6-5-13-4-2-8-17-13)11-16-10-12-3-1-7-15-9-12/h1,3,7,9-10,13H,2,4-6,8,11H2. The minimum Gasteiger partial charge on any atom is -0.378 e. The van der Waals surface area contributed by atoms with E-state index in [1.165, 1.54) is 12.8 Å². The summed E-state index contributed by atoms with van der Waals surface area (Å²) in [7, 11) is 0. The third-order valence-corrected chi connectivity index (χ3v) is 3.29. The third kappa shape index (κ3) is 4.63. The second-order valence-electron chi connectivity index (χ2n) is 4.47. The Morgan fingerprint density at radius 2 is 2.56 bits per heavy atom. The normalized spacial score (nSPS) is 19.4. The first-order valence-electron chi connectivity index (χ1n) is 6.38. The first-order valence-corrected chi connectivity index (χ1v) is 6.78. The van der Waals surface area contributed by atoms with Crippen LogP contribution in [-0.4, -0.2) is 35.3 Å². The molecule has 2 rings (SSSR count). The molecule has 1 fully saturated rings. The Balaban J connectivity index is 1.66. The van der Waals surface area contributed by atoms with Crippen LogP contribution in [0.25, 0.3) is 0 Å². The third-order valence-electron chi connectivity index (χ3n) is 2.96. The summed E-state index contributed by atoms with van der Waals surface area (Å²) < 4.78 is 5.57. The van der Waals surface area contributed by atoms with Gasteiger partial charge in [0, 0.05) is 35.6 Å². The summed E-state index contributed by atoms with van der Waals surface area (Å²) in [6.45, 7) is 1.54. The highest BCUT2D eigenvalue weighted by atomic mass is 32.1. The maximum Gasteiger partial charge on any atom is 0.0702 e. The fourth-order valence-electron chi connectivity index (χ4n) is 1.98. The quantitative estimate of drug-likeness (QED) is 0.584. The molecular weight excluding hydrogens is 244 g/mol. The van der Waals surface area contributed by atoms with Crippen molar-refractivity contribution in [3.05, 3.63) is 30.1 Å². The van der Waals surface area contributed by atoms with Crippen molar-refractivity contribution in [1.82, 2.24) is 4.98 Å². The van der Waals surface area contributed by atoms with Crippen molar-refractivity contribution < 1.29 is 4.74 Å². The zero-order valence-electron chi connectivity index (χ0n) is 10.4. The number of hydrogen-bond donors (Lipinski definition) is 0. The van der Waals surface area contributed by atoms with Crippen LogP contribution in [0.5, 0.6) is 0 Å². The van der Waals surface area contributed by atoms with Crippen LogP contribution < -0.4 is 0 Å². The van der Waals surface area contributed by atoms with Crippen LogP contribution in [0.3, 0.4) is 0 Å². The molecule has 1 aromatic heterocycles. The number of nitrogens with zero attached hydrogens (tertiary/aromatic N) is 2. The van der Waals surface area contributed by atoms with Gasteiger partial charge in [0.1, 0.15) is 0 Å². The van der Waals surface area contributed by atoms with Gasteiger partial charge in [-0.05, 0) is 31.7 Å². The zero-order valence-corrected chi connectivity index (χ0v) is 11.2. The molecular formula is C14H18N2OS. The minimum atomic E-state index is 0.422. The summed E-state index contributed by atoms with van der Waals surface area (Å²) in [6.07, 6.45) is 10.1. The van der Waals surface area contributed by atoms with E-state index in [9.17, 15) is 0 Å². The van der Waals surface area contributed by atoms with Crippen molar-refractivity contribution >= 4 is 23.3 Å². The number of hydrogen-bond acceptors (Lipinski definition) is 4. The van der Waals surface area contributed by atoms with Gasteiger partial charge < -0.3 is 4.74 Å². The van der Waals surface area contributed by atoms with Crippen LogP contribution in [-0.2, 0) is 4.74 Å². The SMILES string of the molecule is S=C(CCC1CCCO1)CN=Cc1cccnc1. The van der Waals surface area contributed by atoms with Crippen molar-refractivity contribution in [2.75, 3.05) is 13.2 Å². The van der Waals surface area contributed by atoms with E-state index in [1.807, 2.05) is 18.3 Å². The monoisotopic (exact) mass is 262 g/mol. The Hall–Kier alpha value is -1.13. The lowest BCUT2D eigenvalue weighted by Crippen LogP contribution is -2.09. The molecule has 1 atom stereocenters. The number of rotatable bonds is 6. The molecule has 0 aliphatic carbocycles. The van der Waals surface area contributed by atoms with E-state index in [-0.39, 0.29) is 0 Å². The Morgan fingerprint density at radius 1 is 1.61 bits per heavy atom. The lowest BCUT2D eigenvalue weighted by atomic mass is 10.1. The Labute approximate surface area is 113 Å². The Bertz CT molecular complexity index is 400. The Morgan fingerprint density at radius 3 is 3.28 bits per heavy atom. The van der Waals surface area contributed by atoms with E-state index in [0.717, 1.165) is 29.9 Å². The van der Waals surface area contributed by atoms with E-state index >= 15 is 0 Å². The maximum absolute atomic E-state index is 5.57. The molecule has 3 nitrogen and oxygen atoms in total. The Kier molecular flexibility index (Phi) is 5.42. The van der Waals surface area contributed by atoms with Gasteiger partial charge >= 0.3 is 0 Å². The molecule has 2 heterocycles. The van der Waals surface area contributed by atoms with Crippen LogP contribution >= 0.6 is 12.2 Å². The van der Waals surface area contributed by atoms with Gasteiger partial charge in [-0.25, -0.2) is 0 Å². The molecule has 1 aliphatic heterocycles. The second-order valence-corrected chi connectivity index (χ2v) is 5.05. The summed E-state index contributed by atoms with van der Waals surface area (Å²) in [5, 5.41) is 0. The van der Waals surface area contributed by atoms with Gasteiger partial charge in [-0.2, -0.15) is 0 Å². The van der Waals surface area contributed by atoms with Crippen LogP contribution in [0.1, 0.15) is 31.2 Å². The molecule has 1 aromatic rings. The second kappa shape index (κ2) is 7.34. The summed E-state index contributed by atoms with van der Waals surface area (Å²) in [5.74, 6) is 0. The summed E-state index contributed by atoms with van der Waals surface area (Å²) in [4.78, 5) is 9.38. The van der Waals surface area contributed by atoms with Gasteiger partial charge in [-0.1, -0.05) is 18.3 Å². The summed E-state index contributed by atoms with van der Waals surface area (Å²) >= 11 is 5.32. The molecule has 0 N–H and O–H groups in total. The smallest absolute Gasteiger partial charge is 0.0702 e. The highest BCUT2D eigenvalue weighted by Crippen LogP contribution is 2.17. The van der Waals surface area contributed by atoms with Crippen LogP contribution in [0.4, 0.5) is 0 Å². The van der Waals surface area contributed by atoms with Crippen LogP contribution in [0, 0.1) is 0 Å². The van der Waals surface area contributed by atoms with Gasteiger partial charge in [0.05, 0.1) is 12.6 Å². The molecule has 0 bridgehead atoms. The molecule has 0 radical (unpaired) electrons. The van der Waals surface area contributed by atoms with Gasteiger partial charge in [0.2, 0.25) is 0 Å². The zero-order chi connectivity index (χ0) is 12.6. The fourth-order valence-corrected chi connectivity index (χ4v) is 2.17. The average Bonchev–Trinajstić information content (AvgIpc) is 2.91. The molecule has 4 heteroatoms. The number of pyridine rings is 1. The number of thiocarbonyl (C=S) groups is 1. The van der Waals surface area contributed by atoms with E-state index in [4.69, 9.17) is 17.0 Å². The van der Waals surface area contributed by atoms with E-state index < -0.39 is 0 Å². The first kappa shape index (κ1) is 13.3. The van der Waals surface area contributed by atoms with Gasteiger partial charge in [-0.15, -0.1) is 0 Å². The highest BCUT2D eigenvalue weighted by molar-refractivity contribution is 7.80. The molecule has 1 aliphatic rings. The van der Waals surface area contributed by atoms with Crippen molar-refractivity contribution in [2.45, 2.75) is 31.8 Å². The molecule has 0 aromatic carbocycles. The molecule has 1 saturated heterocycles. The average molecular weight is 262 g/mol. The molecule has 0 spiro atoms. The van der Waals surface area contributed by atoms with Crippen LogP contribution in [0.2, 0.25) is 0 Å². The van der Waals surface area contributed by atoms with E-state index in [0.29, 0.717) is 12.6 Å². The van der Waals surface area contributed by atoms with Crippen molar-refractivity contribution in [3.8, 4) is 0 Å². The van der Waals surface area contributed by atoms with Gasteiger partial charge in [0.25, 0.3) is 0 Å². The van der Waals surface area contributed by atoms with Crippen molar-refractivity contribution in [2.24, 2.45) is 4.99 Å².